The summed E-state index contributed by atoms with van der Waals surface area (Å²) >= 11 is 5.92. The van der Waals surface area contributed by atoms with E-state index in [9.17, 15) is 32.7 Å². The number of aliphatic hydroxyl groups is 1. The van der Waals surface area contributed by atoms with Crippen LogP contribution in [0.3, 0.4) is 0 Å². The van der Waals surface area contributed by atoms with E-state index in [1.807, 2.05) is 0 Å². The number of nitrogens with one attached hydrogen (secondary N) is 2. The Morgan fingerprint density at radius 3 is 2.57 bits per heavy atom. The summed E-state index contributed by atoms with van der Waals surface area (Å²) in [6.45, 7) is -1.06. The lowest BCUT2D eigenvalue weighted by molar-refractivity contribution is -0.207. The average Bonchev–Trinajstić information content (AvgIpc) is 3.55. The van der Waals surface area contributed by atoms with Crippen molar-refractivity contribution in [3.63, 3.8) is 0 Å². The van der Waals surface area contributed by atoms with E-state index in [4.69, 9.17) is 11.6 Å². The summed E-state index contributed by atoms with van der Waals surface area (Å²) in [6.07, 6.45) is -5.61. The highest BCUT2D eigenvalue weighted by molar-refractivity contribution is 6.30. The van der Waals surface area contributed by atoms with Crippen LogP contribution in [-0.2, 0) is 17.9 Å². The fourth-order valence-electron chi connectivity index (χ4n) is 4.40. The number of carbonyl (C=O) groups is 2. The number of para-hydroxylation sites is 1. The van der Waals surface area contributed by atoms with Crippen molar-refractivity contribution in [3.05, 3.63) is 81.8 Å². The minimum Gasteiger partial charge on any atom is -0.382 e. The predicted molar refractivity (Wildman–Crippen MR) is 143 cm³/mol. The number of aliphatic hydroxyl groups excluding tert-OH is 1. The summed E-state index contributed by atoms with van der Waals surface area (Å²) in [6, 6.07) is 12.4. The van der Waals surface area contributed by atoms with Gasteiger partial charge in [0.25, 0.3) is 5.91 Å². The summed E-state index contributed by atoms with van der Waals surface area (Å²) in [5.41, 5.74) is 0.0691. The first kappa shape index (κ1) is 29.0. The van der Waals surface area contributed by atoms with Crippen molar-refractivity contribution in [1.29, 1.82) is 0 Å². The van der Waals surface area contributed by atoms with Gasteiger partial charge in [0.15, 0.2) is 17.8 Å². The number of nitrogens with zero attached hydrogens (tertiary/aromatic N) is 6. The van der Waals surface area contributed by atoms with Crippen LogP contribution in [0, 0.1) is 0 Å². The van der Waals surface area contributed by atoms with E-state index in [1.165, 1.54) is 35.3 Å². The van der Waals surface area contributed by atoms with Crippen LogP contribution in [0.5, 0.6) is 0 Å². The summed E-state index contributed by atoms with van der Waals surface area (Å²) in [4.78, 5) is 41.8. The third-order valence-corrected chi connectivity index (χ3v) is 6.84. The Bertz CT molecular complexity index is 1650. The highest BCUT2D eigenvalue weighted by atomic mass is 35.5. The number of hydrogen-bond donors (Lipinski definition) is 3. The van der Waals surface area contributed by atoms with E-state index in [0.29, 0.717) is 41.2 Å². The number of hydrogen-bond acceptors (Lipinski definition) is 7. The third kappa shape index (κ3) is 6.36. The van der Waals surface area contributed by atoms with Crippen molar-refractivity contribution < 1.29 is 27.9 Å². The van der Waals surface area contributed by atoms with Crippen LogP contribution in [-0.4, -0.2) is 70.9 Å². The van der Waals surface area contributed by atoms with Gasteiger partial charge in [0, 0.05) is 29.6 Å². The molecule has 0 saturated carbocycles. The highest BCUT2D eigenvalue weighted by Gasteiger charge is 2.39. The van der Waals surface area contributed by atoms with Crippen LogP contribution in [0.15, 0.2) is 59.7 Å². The van der Waals surface area contributed by atoms with Crippen molar-refractivity contribution in [3.8, 4) is 17.1 Å². The number of rotatable bonds is 8. The van der Waals surface area contributed by atoms with Gasteiger partial charge in [-0.2, -0.15) is 13.2 Å². The van der Waals surface area contributed by atoms with E-state index in [0.717, 1.165) is 9.25 Å². The normalized spacial score (nSPS) is 16.2. The lowest BCUT2D eigenvalue weighted by Crippen LogP contribution is -2.47. The summed E-state index contributed by atoms with van der Waals surface area (Å²) in [5, 5.41) is 24.2. The largest absolute Gasteiger partial charge is 0.416 e. The van der Waals surface area contributed by atoms with Gasteiger partial charge >= 0.3 is 11.9 Å². The molecule has 2 aromatic heterocycles. The first-order valence-corrected chi connectivity index (χ1v) is 13.1. The molecule has 2 aromatic carbocycles. The molecule has 1 aliphatic rings. The fraction of sp³-hybridized carbons (Fsp3) is 0.308. The SMILES string of the molecule is O=C1CCC(NC(=O)c2ccccc2-n2cnc(Cn3nc(-c4ccc(Cl)cc4)n(CC(O)C(F)(F)F)c3=O)n2)CN1. The molecule has 3 N–H and O–H groups in total. The van der Waals surface area contributed by atoms with Gasteiger partial charge in [-0.15, -0.1) is 10.2 Å². The Balaban J connectivity index is 1.41. The average molecular weight is 605 g/mol. The molecule has 0 radical (unpaired) electrons. The molecule has 2 atom stereocenters. The van der Waals surface area contributed by atoms with Gasteiger partial charge in [-0.3, -0.25) is 14.2 Å². The van der Waals surface area contributed by atoms with Gasteiger partial charge in [-0.05, 0) is 42.8 Å². The van der Waals surface area contributed by atoms with E-state index in [2.05, 4.69) is 25.8 Å². The number of halogens is 4. The number of benzene rings is 2. The fourth-order valence-corrected chi connectivity index (χ4v) is 4.53. The van der Waals surface area contributed by atoms with Gasteiger partial charge in [0.05, 0.1) is 17.8 Å². The van der Waals surface area contributed by atoms with Crippen LogP contribution in [0.1, 0.15) is 29.0 Å². The molecular formula is C26H24ClF3N8O4. The predicted octanol–water partition coefficient (Wildman–Crippen LogP) is 1.93. The van der Waals surface area contributed by atoms with Crippen LogP contribution in [0.4, 0.5) is 13.2 Å². The molecular weight excluding hydrogens is 581 g/mol. The second-order valence-corrected chi connectivity index (χ2v) is 10.0. The Hall–Kier alpha value is -4.50. The third-order valence-electron chi connectivity index (χ3n) is 6.59. The highest BCUT2D eigenvalue weighted by Crippen LogP contribution is 2.24. The molecule has 42 heavy (non-hydrogen) atoms. The lowest BCUT2D eigenvalue weighted by Gasteiger charge is -2.23. The maximum Gasteiger partial charge on any atom is 0.416 e. The van der Waals surface area contributed by atoms with Crippen molar-refractivity contribution >= 4 is 23.4 Å². The molecule has 2 unspecified atom stereocenters. The van der Waals surface area contributed by atoms with E-state index < -0.39 is 24.5 Å². The topological polar surface area (TPSA) is 149 Å². The lowest BCUT2D eigenvalue weighted by atomic mass is 10.1. The minimum atomic E-state index is -4.95. The van der Waals surface area contributed by atoms with E-state index >= 15 is 0 Å². The van der Waals surface area contributed by atoms with Gasteiger partial charge in [-0.25, -0.2) is 19.1 Å². The standard InChI is InChI=1S/C26H24ClF3N8O4/c27-16-7-5-15(6-8-16)23-35-37(25(42)36(23)12-20(39)26(28,29)30)13-21-32-14-38(34-21)19-4-2-1-3-18(19)24(41)33-17-9-10-22(40)31-11-17/h1-8,14,17,20,39H,9-13H2,(H,31,40)(H,33,41). The molecule has 12 nitrogen and oxygen atoms in total. The minimum absolute atomic E-state index is 0.0724. The van der Waals surface area contributed by atoms with Crippen molar-refractivity contribution in [1.82, 2.24) is 39.7 Å². The second kappa shape index (κ2) is 11.8. The Labute approximate surface area is 240 Å². The summed E-state index contributed by atoms with van der Waals surface area (Å²) < 4.78 is 42.3. The molecule has 2 amide bonds. The number of amides is 2. The summed E-state index contributed by atoms with van der Waals surface area (Å²) in [5.74, 6) is -0.474. The van der Waals surface area contributed by atoms with E-state index in [1.54, 1.807) is 24.3 Å². The summed E-state index contributed by atoms with van der Waals surface area (Å²) in [7, 11) is 0. The molecule has 0 spiro atoms. The molecule has 3 heterocycles. The first-order valence-electron chi connectivity index (χ1n) is 12.8. The zero-order chi connectivity index (χ0) is 30.0. The molecule has 0 aliphatic carbocycles. The number of carbonyl (C=O) groups excluding carboxylic acids is 2. The van der Waals surface area contributed by atoms with Crippen LogP contribution in [0.2, 0.25) is 5.02 Å². The molecule has 1 aliphatic heterocycles. The Morgan fingerprint density at radius 1 is 1.14 bits per heavy atom. The maximum absolute atomic E-state index is 13.1. The number of aromatic nitrogens is 6. The molecule has 1 saturated heterocycles. The second-order valence-electron chi connectivity index (χ2n) is 9.57. The van der Waals surface area contributed by atoms with E-state index in [-0.39, 0.29) is 36.0 Å². The quantitative estimate of drug-likeness (QED) is 0.278. The zero-order valence-electron chi connectivity index (χ0n) is 21.8. The maximum atomic E-state index is 13.1. The Morgan fingerprint density at radius 2 is 1.88 bits per heavy atom. The van der Waals surface area contributed by atoms with Crippen LogP contribution < -0.4 is 16.3 Å². The van der Waals surface area contributed by atoms with Gasteiger partial charge in [-0.1, -0.05) is 23.7 Å². The van der Waals surface area contributed by atoms with Gasteiger partial charge < -0.3 is 15.7 Å². The zero-order valence-corrected chi connectivity index (χ0v) is 22.5. The monoisotopic (exact) mass is 604 g/mol. The molecule has 220 valence electrons. The number of piperidine rings is 1. The van der Waals surface area contributed by atoms with Crippen LogP contribution in [0.25, 0.3) is 17.1 Å². The Kier molecular flexibility index (Phi) is 8.13. The number of alkyl halides is 3. The molecule has 16 heteroatoms. The van der Waals surface area contributed by atoms with Crippen molar-refractivity contribution in [2.45, 2.75) is 44.3 Å². The van der Waals surface area contributed by atoms with Gasteiger partial charge in [0.2, 0.25) is 5.91 Å². The molecule has 4 aromatic rings. The van der Waals surface area contributed by atoms with Crippen molar-refractivity contribution in [2.75, 3.05) is 6.54 Å². The van der Waals surface area contributed by atoms with Gasteiger partial charge in [0.1, 0.15) is 12.9 Å². The molecule has 1 fully saturated rings. The first-order chi connectivity index (χ1) is 20.0. The molecule has 0 bridgehead atoms. The molecule has 5 rings (SSSR count). The van der Waals surface area contributed by atoms with Crippen molar-refractivity contribution in [2.24, 2.45) is 0 Å². The van der Waals surface area contributed by atoms with Crippen LogP contribution >= 0.6 is 11.6 Å². The smallest absolute Gasteiger partial charge is 0.382 e.